The molecular formula is C6H5BrFN. The van der Waals surface area contributed by atoms with Gasteiger partial charge in [-0.05, 0) is 34.4 Å². The number of hydrogen-bond donors (Lipinski definition) is 0. The van der Waals surface area contributed by atoms with Gasteiger partial charge in [-0.3, -0.25) is 0 Å². The number of halogens is 2. The molecule has 0 radical (unpaired) electrons. The topological polar surface area (TPSA) is 12.9 Å². The van der Waals surface area contributed by atoms with Crippen LogP contribution in [0.5, 0.6) is 0 Å². The number of rotatable bonds is 0. The van der Waals surface area contributed by atoms with Crippen molar-refractivity contribution < 1.29 is 8.50 Å². The largest absolute Gasteiger partial charge is 0.227 e. The van der Waals surface area contributed by atoms with Crippen LogP contribution in [0, 0.1) is 12.8 Å². The zero-order chi connectivity index (χ0) is 9.35. The third-order valence-electron chi connectivity index (χ3n) is 0.822. The molecule has 0 atom stereocenters. The molecule has 9 heavy (non-hydrogen) atoms. The minimum atomic E-state index is -2.30. The number of aromatic nitrogens is 1. The molecule has 48 valence electrons. The summed E-state index contributed by atoms with van der Waals surface area (Å²) in [4.78, 5) is 3.29. The van der Waals surface area contributed by atoms with Crippen LogP contribution in [0.15, 0.2) is 16.7 Å². The van der Waals surface area contributed by atoms with Gasteiger partial charge in [0.05, 0.1) is 0 Å². The van der Waals surface area contributed by atoms with Crippen molar-refractivity contribution in [3.63, 3.8) is 0 Å². The van der Waals surface area contributed by atoms with E-state index in [2.05, 4.69) is 20.9 Å². The number of nitrogens with zero attached hydrogens (tertiary/aromatic N) is 1. The Balaban J connectivity index is 3.23. The summed E-state index contributed by atoms with van der Waals surface area (Å²) in [7, 11) is 0. The van der Waals surface area contributed by atoms with E-state index in [1.54, 1.807) is 0 Å². The van der Waals surface area contributed by atoms with E-state index in [9.17, 15) is 4.39 Å². The molecule has 0 amide bonds. The third-order valence-corrected chi connectivity index (χ3v) is 1.45. The Morgan fingerprint density at radius 1 is 1.89 bits per heavy atom. The van der Waals surface area contributed by atoms with Gasteiger partial charge in [-0.1, -0.05) is 0 Å². The van der Waals surface area contributed by atoms with Gasteiger partial charge >= 0.3 is 0 Å². The quantitative estimate of drug-likeness (QED) is 0.576. The van der Waals surface area contributed by atoms with Crippen molar-refractivity contribution in [1.29, 1.82) is 0 Å². The van der Waals surface area contributed by atoms with Crippen LogP contribution in [0.4, 0.5) is 4.39 Å². The van der Waals surface area contributed by atoms with Gasteiger partial charge in [-0.25, -0.2) is 4.98 Å². The second kappa shape index (κ2) is 2.43. The molecule has 0 fully saturated rings. The standard InChI is InChI=1S/C6H5BrFN/c1-4-2-6(8)9-3-5(4)7/h2-3H,1H3/i1D3. The summed E-state index contributed by atoms with van der Waals surface area (Å²) in [5.74, 6) is -0.788. The van der Waals surface area contributed by atoms with Crippen molar-refractivity contribution in [1.82, 2.24) is 4.98 Å². The van der Waals surface area contributed by atoms with Crippen molar-refractivity contribution in [2.24, 2.45) is 0 Å². The summed E-state index contributed by atoms with van der Waals surface area (Å²) in [5, 5.41) is 0. The Morgan fingerprint density at radius 3 is 3.22 bits per heavy atom. The van der Waals surface area contributed by atoms with Crippen LogP contribution in [0.25, 0.3) is 0 Å². The zero-order valence-corrected chi connectivity index (χ0v) is 5.94. The Hall–Kier alpha value is -0.440. The van der Waals surface area contributed by atoms with E-state index < -0.39 is 12.8 Å². The molecule has 1 rings (SSSR count). The molecule has 0 unspecified atom stereocenters. The van der Waals surface area contributed by atoms with Crippen molar-refractivity contribution in [2.45, 2.75) is 6.85 Å². The second-order valence-corrected chi connectivity index (χ2v) is 2.34. The van der Waals surface area contributed by atoms with Crippen LogP contribution >= 0.6 is 15.9 Å². The lowest BCUT2D eigenvalue weighted by molar-refractivity contribution is 0.582. The summed E-state index contributed by atoms with van der Waals surface area (Å²) in [6.45, 7) is -2.30. The van der Waals surface area contributed by atoms with E-state index in [-0.39, 0.29) is 5.56 Å². The monoisotopic (exact) mass is 192 g/mol. The maximum Gasteiger partial charge on any atom is 0.213 e. The summed E-state index contributed by atoms with van der Waals surface area (Å²) < 4.78 is 33.8. The Bertz CT molecular complexity index is 299. The lowest BCUT2D eigenvalue weighted by atomic mass is 10.3. The smallest absolute Gasteiger partial charge is 0.213 e. The highest BCUT2D eigenvalue weighted by atomic mass is 79.9. The highest BCUT2D eigenvalue weighted by Crippen LogP contribution is 2.13. The molecule has 1 heterocycles. The van der Waals surface area contributed by atoms with E-state index in [4.69, 9.17) is 4.11 Å². The highest BCUT2D eigenvalue weighted by molar-refractivity contribution is 9.10. The SMILES string of the molecule is [2H]C([2H])([2H])c1cc(F)ncc1Br. The van der Waals surface area contributed by atoms with Crippen molar-refractivity contribution in [3.05, 3.63) is 28.2 Å². The van der Waals surface area contributed by atoms with Crippen molar-refractivity contribution in [2.75, 3.05) is 0 Å². The van der Waals surface area contributed by atoms with Crippen LogP contribution < -0.4 is 0 Å². The van der Waals surface area contributed by atoms with Crippen molar-refractivity contribution >= 4 is 15.9 Å². The lowest BCUT2D eigenvalue weighted by Crippen LogP contribution is -1.83. The summed E-state index contributed by atoms with van der Waals surface area (Å²) >= 11 is 2.98. The molecule has 0 saturated carbocycles. The van der Waals surface area contributed by atoms with Crippen LogP contribution in [0.1, 0.15) is 9.68 Å². The van der Waals surface area contributed by atoms with E-state index in [1.807, 2.05) is 0 Å². The highest BCUT2D eigenvalue weighted by Gasteiger charge is 1.94. The van der Waals surface area contributed by atoms with Crippen LogP contribution in [0.3, 0.4) is 0 Å². The van der Waals surface area contributed by atoms with Crippen LogP contribution in [0.2, 0.25) is 0 Å². The number of hydrogen-bond acceptors (Lipinski definition) is 1. The predicted octanol–water partition coefficient (Wildman–Crippen LogP) is 2.29. The molecule has 0 aliphatic carbocycles. The third kappa shape index (κ3) is 1.48. The van der Waals surface area contributed by atoms with E-state index in [1.165, 1.54) is 0 Å². The second-order valence-electron chi connectivity index (χ2n) is 1.49. The Labute approximate surface area is 65.3 Å². The first-order chi connectivity index (χ1) is 5.41. The number of pyridine rings is 1. The van der Waals surface area contributed by atoms with E-state index >= 15 is 0 Å². The van der Waals surface area contributed by atoms with Gasteiger partial charge in [0.25, 0.3) is 0 Å². The maximum absolute atomic E-state index is 12.5. The maximum atomic E-state index is 12.5. The molecular weight excluding hydrogens is 185 g/mol. The first-order valence-electron chi connectivity index (χ1n) is 3.73. The molecule has 0 aliphatic rings. The summed E-state index contributed by atoms with van der Waals surface area (Å²) in [6, 6.07) is 0.900. The normalized spacial score (nSPS) is 16.0. The van der Waals surface area contributed by atoms with Gasteiger partial charge in [0.15, 0.2) is 0 Å². The van der Waals surface area contributed by atoms with Gasteiger partial charge in [-0.2, -0.15) is 4.39 Å². The molecule has 0 saturated heterocycles. The predicted molar refractivity (Wildman–Crippen MR) is 36.6 cm³/mol. The van der Waals surface area contributed by atoms with Gasteiger partial charge in [-0.15, -0.1) is 0 Å². The summed E-state index contributed by atoms with van der Waals surface area (Å²) in [5.41, 5.74) is -0.0602. The molecule has 1 aromatic heterocycles. The fourth-order valence-electron chi connectivity index (χ4n) is 0.413. The molecule has 0 N–H and O–H groups in total. The minimum absolute atomic E-state index is 0.0602. The molecule has 1 aromatic rings. The van der Waals surface area contributed by atoms with Gasteiger partial charge < -0.3 is 0 Å². The molecule has 0 bridgehead atoms. The van der Waals surface area contributed by atoms with E-state index in [0.29, 0.717) is 4.47 Å². The van der Waals surface area contributed by atoms with Gasteiger partial charge in [0.1, 0.15) is 0 Å². The summed E-state index contributed by atoms with van der Waals surface area (Å²) in [6.07, 6.45) is 1.14. The zero-order valence-electron chi connectivity index (χ0n) is 7.36. The first-order valence-corrected chi connectivity index (χ1v) is 3.02. The minimum Gasteiger partial charge on any atom is -0.227 e. The molecule has 3 heteroatoms. The number of aryl methyl sites for hydroxylation is 1. The van der Waals surface area contributed by atoms with E-state index in [0.717, 1.165) is 12.3 Å². The fourth-order valence-corrected chi connectivity index (χ4v) is 0.630. The molecule has 1 nitrogen and oxygen atoms in total. The van der Waals surface area contributed by atoms with Crippen LogP contribution in [-0.4, -0.2) is 4.98 Å². The molecule has 0 aliphatic heterocycles. The van der Waals surface area contributed by atoms with Crippen molar-refractivity contribution in [3.8, 4) is 0 Å². The Kier molecular flexibility index (Phi) is 0.990. The van der Waals surface area contributed by atoms with Gasteiger partial charge in [0, 0.05) is 14.8 Å². The van der Waals surface area contributed by atoms with Crippen LogP contribution in [-0.2, 0) is 0 Å². The molecule has 0 spiro atoms. The first kappa shape index (κ1) is 3.66. The lowest BCUT2D eigenvalue weighted by Gasteiger charge is -1.93. The van der Waals surface area contributed by atoms with Gasteiger partial charge in [0.2, 0.25) is 5.95 Å². The average Bonchev–Trinajstić information content (AvgIpc) is 1.92. The average molecular weight is 193 g/mol. The fraction of sp³-hybridized carbons (Fsp3) is 0.167. The molecule has 0 aromatic carbocycles. The Morgan fingerprint density at radius 2 is 2.67 bits per heavy atom.